The number of nitrogens with zero attached hydrogens (tertiary/aromatic N) is 2. The lowest BCUT2D eigenvalue weighted by Crippen LogP contribution is -2.31. The van der Waals surface area contributed by atoms with Crippen molar-refractivity contribution in [3.05, 3.63) is 35.5 Å². The van der Waals surface area contributed by atoms with Crippen molar-refractivity contribution in [1.29, 1.82) is 0 Å². The minimum absolute atomic E-state index is 0.300. The molecule has 0 N–H and O–H groups in total. The molecule has 5 nitrogen and oxygen atoms in total. The predicted octanol–water partition coefficient (Wildman–Crippen LogP) is 3.02. The van der Waals surface area contributed by atoms with Gasteiger partial charge in [0.25, 0.3) is 0 Å². The monoisotopic (exact) mass is 320 g/mol. The first-order valence-corrected chi connectivity index (χ1v) is 7.66. The number of ether oxygens (including phenoxy) is 2. The summed E-state index contributed by atoms with van der Waals surface area (Å²) in [4.78, 5) is 6.68. The van der Waals surface area contributed by atoms with Crippen molar-refractivity contribution in [3.8, 4) is 17.2 Å². The molecule has 0 bridgehead atoms. The van der Waals surface area contributed by atoms with E-state index >= 15 is 0 Å². The summed E-state index contributed by atoms with van der Waals surface area (Å²) in [5.74, 6) is 1.07. The highest BCUT2D eigenvalue weighted by molar-refractivity contribution is 5.56. The standard InChI is InChI=1S/C17H21FN2O3/c1-11-16(9-20(2)12-6-7-22-10-12)19-17(23-11)14-5-4-13(21-3)8-15(14)18/h4-5,8,12H,6-7,9-10H2,1-3H3. The predicted molar refractivity (Wildman–Crippen MR) is 83.9 cm³/mol. The van der Waals surface area contributed by atoms with Crippen LogP contribution in [0.4, 0.5) is 4.39 Å². The van der Waals surface area contributed by atoms with Gasteiger partial charge in [0.15, 0.2) is 0 Å². The van der Waals surface area contributed by atoms with E-state index in [2.05, 4.69) is 9.88 Å². The van der Waals surface area contributed by atoms with E-state index in [1.54, 1.807) is 12.1 Å². The average Bonchev–Trinajstić information content (AvgIpc) is 3.18. The van der Waals surface area contributed by atoms with Gasteiger partial charge in [-0.25, -0.2) is 9.37 Å². The van der Waals surface area contributed by atoms with Gasteiger partial charge in [-0.3, -0.25) is 4.90 Å². The molecule has 6 heteroatoms. The number of hydrogen-bond acceptors (Lipinski definition) is 5. The van der Waals surface area contributed by atoms with Gasteiger partial charge in [0.05, 0.1) is 25.0 Å². The molecule has 0 saturated carbocycles. The Morgan fingerprint density at radius 1 is 1.43 bits per heavy atom. The summed E-state index contributed by atoms with van der Waals surface area (Å²) in [6.07, 6.45) is 1.02. The summed E-state index contributed by atoms with van der Waals surface area (Å²) in [7, 11) is 3.55. The Kier molecular flexibility index (Phi) is 4.63. The lowest BCUT2D eigenvalue weighted by molar-refractivity contribution is 0.155. The maximum Gasteiger partial charge on any atom is 0.229 e. The van der Waals surface area contributed by atoms with E-state index in [0.29, 0.717) is 35.6 Å². The maximum absolute atomic E-state index is 14.2. The van der Waals surface area contributed by atoms with Gasteiger partial charge in [0, 0.05) is 25.3 Å². The number of halogens is 1. The van der Waals surface area contributed by atoms with Gasteiger partial charge in [0.2, 0.25) is 5.89 Å². The van der Waals surface area contributed by atoms with Crippen molar-refractivity contribution in [3.63, 3.8) is 0 Å². The Labute approximate surface area is 135 Å². The van der Waals surface area contributed by atoms with Crippen LogP contribution in [0.1, 0.15) is 17.9 Å². The Balaban J connectivity index is 1.80. The molecule has 3 rings (SSSR count). The van der Waals surface area contributed by atoms with Crippen molar-refractivity contribution >= 4 is 0 Å². The molecule has 124 valence electrons. The normalized spacial score (nSPS) is 17.9. The second-order valence-corrected chi connectivity index (χ2v) is 5.80. The Morgan fingerprint density at radius 2 is 2.26 bits per heavy atom. The largest absolute Gasteiger partial charge is 0.497 e. The van der Waals surface area contributed by atoms with Crippen LogP contribution in [-0.2, 0) is 11.3 Å². The van der Waals surface area contributed by atoms with Crippen LogP contribution >= 0.6 is 0 Å². The smallest absolute Gasteiger partial charge is 0.229 e. The third-order valence-corrected chi connectivity index (χ3v) is 4.23. The van der Waals surface area contributed by atoms with Crippen molar-refractivity contribution < 1.29 is 18.3 Å². The highest BCUT2D eigenvalue weighted by Crippen LogP contribution is 2.28. The molecule has 2 heterocycles. The third kappa shape index (κ3) is 3.38. The number of oxazole rings is 1. The fourth-order valence-electron chi connectivity index (χ4n) is 2.72. The molecule has 0 amide bonds. The zero-order chi connectivity index (χ0) is 16.4. The number of benzene rings is 1. The van der Waals surface area contributed by atoms with E-state index in [9.17, 15) is 4.39 Å². The van der Waals surface area contributed by atoms with Crippen LogP contribution in [0.2, 0.25) is 0 Å². The molecular weight excluding hydrogens is 299 g/mol. The lowest BCUT2D eigenvalue weighted by Gasteiger charge is -2.21. The molecule has 0 spiro atoms. The van der Waals surface area contributed by atoms with E-state index in [0.717, 1.165) is 25.3 Å². The summed E-state index contributed by atoms with van der Waals surface area (Å²) in [5, 5.41) is 0. The lowest BCUT2D eigenvalue weighted by atomic mass is 10.2. The molecule has 1 fully saturated rings. The van der Waals surface area contributed by atoms with E-state index in [1.807, 2.05) is 14.0 Å². The van der Waals surface area contributed by atoms with Gasteiger partial charge >= 0.3 is 0 Å². The highest BCUT2D eigenvalue weighted by atomic mass is 19.1. The second-order valence-electron chi connectivity index (χ2n) is 5.80. The molecule has 1 atom stereocenters. The van der Waals surface area contributed by atoms with Crippen molar-refractivity contribution in [2.24, 2.45) is 0 Å². The fourth-order valence-corrected chi connectivity index (χ4v) is 2.72. The summed E-state index contributed by atoms with van der Waals surface area (Å²) >= 11 is 0. The van der Waals surface area contributed by atoms with Gasteiger partial charge in [0.1, 0.15) is 17.3 Å². The minimum atomic E-state index is -0.408. The zero-order valence-corrected chi connectivity index (χ0v) is 13.6. The first-order valence-electron chi connectivity index (χ1n) is 7.66. The Hall–Kier alpha value is -1.92. The van der Waals surface area contributed by atoms with Gasteiger partial charge < -0.3 is 13.9 Å². The molecule has 23 heavy (non-hydrogen) atoms. The average molecular weight is 320 g/mol. The second kappa shape index (κ2) is 6.68. The van der Waals surface area contributed by atoms with Gasteiger partial charge in [-0.15, -0.1) is 0 Å². The van der Waals surface area contributed by atoms with Crippen LogP contribution in [0.25, 0.3) is 11.5 Å². The van der Waals surface area contributed by atoms with Gasteiger partial charge in [-0.05, 0) is 32.5 Å². The van der Waals surface area contributed by atoms with Gasteiger partial charge in [-0.2, -0.15) is 0 Å². The molecule has 2 aromatic rings. The molecule has 1 saturated heterocycles. The first kappa shape index (κ1) is 16.0. The van der Waals surface area contributed by atoms with Crippen LogP contribution in [0.5, 0.6) is 5.75 Å². The number of aromatic nitrogens is 1. The topological polar surface area (TPSA) is 47.7 Å². The summed E-state index contributed by atoms with van der Waals surface area (Å²) in [6, 6.07) is 5.04. The number of likely N-dealkylation sites (N-methyl/N-ethyl adjacent to an activating group) is 1. The SMILES string of the molecule is COc1ccc(-c2nc(CN(C)C3CCOC3)c(C)o2)c(F)c1. The number of rotatable bonds is 5. The first-order chi connectivity index (χ1) is 11.1. The number of aryl methyl sites for hydroxylation is 1. The van der Waals surface area contributed by atoms with Crippen LogP contribution in [-0.4, -0.2) is 43.3 Å². The van der Waals surface area contributed by atoms with E-state index in [1.165, 1.54) is 13.2 Å². The molecule has 0 aliphatic carbocycles. The van der Waals surface area contributed by atoms with Crippen LogP contribution < -0.4 is 4.74 Å². The van der Waals surface area contributed by atoms with E-state index < -0.39 is 5.82 Å². The van der Waals surface area contributed by atoms with Crippen molar-refractivity contribution in [2.75, 3.05) is 27.4 Å². The third-order valence-electron chi connectivity index (χ3n) is 4.23. The Morgan fingerprint density at radius 3 is 2.91 bits per heavy atom. The van der Waals surface area contributed by atoms with Crippen molar-refractivity contribution in [2.45, 2.75) is 25.9 Å². The summed E-state index contributed by atoms with van der Waals surface area (Å²) in [6.45, 7) is 4.05. The van der Waals surface area contributed by atoms with Crippen LogP contribution in [0.3, 0.4) is 0 Å². The highest BCUT2D eigenvalue weighted by Gasteiger charge is 2.23. The minimum Gasteiger partial charge on any atom is -0.497 e. The Bertz CT molecular complexity index is 680. The maximum atomic E-state index is 14.2. The van der Waals surface area contributed by atoms with Crippen LogP contribution in [0.15, 0.2) is 22.6 Å². The van der Waals surface area contributed by atoms with Crippen LogP contribution in [0, 0.1) is 12.7 Å². The molecular formula is C17H21FN2O3. The van der Waals surface area contributed by atoms with E-state index in [4.69, 9.17) is 13.9 Å². The van der Waals surface area contributed by atoms with E-state index in [-0.39, 0.29) is 0 Å². The van der Waals surface area contributed by atoms with Crippen molar-refractivity contribution in [1.82, 2.24) is 9.88 Å². The molecule has 1 aromatic carbocycles. The summed E-state index contributed by atoms with van der Waals surface area (Å²) < 4.78 is 30.3. The number of hydrogen-bond donors (Lipinski definition) is 0. The quantitative estimate of drug-likeness (QED) is 0.847. The van der Waals surface area contributed by atoms with Gasteiger partial charge in [-0.1, -0.05) is 0 Å². The molecule has 0 radical (unpaired) electrons. The molecule has 1 aromatic heterocycles. The fraction of sp³-hybridized carbons (Fsp3) is 0.471. The molecule has 1 aliphatic rings. The molecule has 1 unspecified atom stereocenters. The molecule has 1 aliphatic heterocycles. The summed E-state index contributed by atoms with van der Waals surface area (Å²) in [5.41, 5.74) is 1.16. The zero-order valence-electron chi connectivity index (χ0n) is 13.6. The number of methoxy groups -OCH3 is 1.